The lowest BCUT2D eigenvalue weighted by Gasteiger charge is -2.42. The average molecular weight is 368 g/mol. The minimum absolute atomic E-state index is 0.0433. The lowest BCUT2D eigenvalue weighted by atomic mass is 10.0. The first kappa shape index (κ1) is 16.4. The highest BCUT2D eigenvalue weighted by Crippen LogP contribution is 2.44. The SMILES string of the molecule is O=C(Cn1cnc2ccccc2c1=O)N1CC[C@@]23OCCCN2C(=O)C[C@@H]13. The van der Waals surface area contributed by atoms with Gasteiger partial charge in [0.2, 0.25) is 11.8 Å². The summed E-state index contributed by atoms with van der Waals surface area (Å²) in [7, 11) is 0. The van der Waals surface area contributed by atoms with Gasteiger partial charge in [0, 0.05) is 19.5 Å². The molecule has 0 unspecified atom stereocenters. The Morgan fingerprint density at radius 2 is 2.11 bits per heavy atom. The Labute approximate surface area is 155 Å². The van der Waals surface area contributed by atoms with Crippen molar-refractivity contribution in [2.24, 2.45) is 0 Å². The zero-order chi connectivity index (χ0) is 18.6. The molecule has 0 saturated carbocycles. The molecule has 3 aliphatic rings. The molecule has 3 aliphatic heterocycles. The van der Waals surface area contributed by atoms with Gasteiger partial charge in [0.25, 0.3) is 5.56 Å². The Balaban J connectivity index is 1.42. The van der Waals surface area contributed by atoms with Gasteiger partial charge in [-0.05, 0) is 18.6 Å². The van der Waals surface area contributed by atoms with Crippen LogP contribution in [0.1, 0.15) is 19.3 Å². The van der Waals surface area contributed by atoms with Gasteiger partial charge in [-0.3, -0.25) is 19.0 Å². The van der Waals surface area contributed by atoms with Crippen molar-refractivity contribution in [2.75, 3.05) is 19.7 Å². The van der Waals surface area contributed by atoms with Crippen LogP contribution in [0.25, 0.3) is 10.9 Å². The molecule has 0 aliphatic carbocycles. The molecule has 1 spiro atoms. The lowest BCUT2D eigenvalue weighted by Crippen LogP contribution is -2.56. The third kappa shape index (κ3) is 2.32. The third-order valence-electron chi connectivity index (χ3n) is 5.97. The van der Waals surface area contributed by atoms with Gasteiger partial charge < -0.3 is 14.5 Å². The van der Waals surface area contributed by atoms with E-state index in [-0.39, 0.29) is 36.4 Å². The standard InChI is InChI=1S/C19H20N4O4/c24-16-10-15-19(23(16)7-3-9-27-19)6-8-22(15)17(25)11-21-12-20-14-5-2-1-4-13(14)18(21)26/h1-2,4-5,12,15H,3,6-11H2/t15-,19+/m1/s1. The summed E-state index contributed by atoms with van der Waals surface area (Å²) in [6, 6.07) is 6.80. The van der Waals surface area contributed by atoms with E-state index in [2.05, 4.69) is 4.98 Å². The second kappa shape index (κ2) is 5.88. The maximum Gasteiger partial charge on any atom is 0.261 e. The Bertz CT molecular complexity index is 1000. The molecule has 2 atom stereocenters. The minimum atomic E-state index is -0.669. The quantitative estimate of drug-likeness (QED) is 0.764. The molecular formula is C19H20N4O4. The molecule has 140 valence electrons. The smallest absolute Gasteiger partial charge is 0.261 e. The van der Waals surface area contributed by atoms with E-state index < -0.39 is 5.72 Å². The average Bonchev–Trinajstić information content (AvgIpc) is 3.16. The molecular weight excluding hydrogens is 348 g/mol. The second-order valence-corrected chi connectivity index (χ2v) is 7.34. The van der Waals surface area contributed by atoms with Crippen LogP contribution in [0.4, 0.5) is 0 Å². The predicted octanol–water partition coefficient (Wildman–Crippen LogP) is 0.346. The zero-order valence-corrected chi connectivity index (χ0v) is 14.8. The van der Waals surface area contributed by atoms with E-state index in [0.29, 0.717) is 37.0 Å². The highest BCUT2D eigenvalue weighted by atomic mass is 16.5. The molecule has 1 aromatic heterocycles. The molecule has 8 heteroatoms. The molecule has 4 heterocycles. The van der Waals surface area contributed by atoms with E-state index in [0.717, 1.165) is 6.42 Å². The van der Waals surface area contributed by atoms with Crippen molar-refractivity contribution in [3.63, 3.8) is 0 Å². The van der Waals surface area contributed by atoms with Crippen molar-refractivity contribution in [1.29, 1.82) is 0 Å². The maximum atomic E-state index is 13.0. The number of fused-ring (bicyclic) bond motifs is 1. The van der Waals surface area contributed by atoms with E-state index in [1.165, 1.54) is 10.9 Å². The lowest BCUT2D eigenvalue weighted by molar-refractivity contribution is -0.181. The largest absolute Gasteiger partial charge is 0.353 e. The van der Waals surface area contributed by atoms with Crippen LogP contribution in [0, 0.1) is 0 Å². The number of hydrogen-bond acceptors (Lipinski definition) is 5. The van der Waals surface area contributed by atoms with E-state index >= 15 is 0 Å². The van der Waals surface area contributed by atoms with Crippen LogP contribution in [-0.4, -0.2) is 62.6 Å². The van der Waals surface area contributed by atoms with Crippen LogP contribution in [0.15, 0.2) is 35.4 Å². The summed E-state index contributed by atoms with van der Waals surface area (Å²) in [5.41, 5.74) is -0.294. The number of ether oxygens (including phenoxy) is 1. The summed E-state index contributed by atoms with van der Waals surface area (Å²) in [6.45, 7) is 1.74. The van der Waals surface area contributed by atoms with Gasteiger partial charge in [0.1, 0.15) is 6.54 Å². The summed E-state index contributed by atoms with van der Waals surface area (Å²) in [5, 5.41) is 0.489. The Kier molecular flexibility index (Phi) is 3.58. The Hall–Kier alpha value is -2.74. The summed E-state index contributed by atoms with van der Waals surface area (Å²) < 4.78 is 7.37. The molecule has 8 nitrogen and oxygen atoms in total. The first-order valence-electron chi connectivity index (χ1n) is 9.28. The van der Waals surface area contributed by atoms with Crippen molar-refractivity contribution < 1.29 is 14.3 Å². The van der Waals surface area contributed by atoms with Crippen LogP contribution < -0.4 is 5.56 Å². The summed E-state index contributed by atoms with van der Waals surface area (Å²) >= 11 is 0. The van der Waals surface area contributed by atoms with Crippen LogP contribution in [-0.2, 0) is 20.9 Å². The van der Waals surface area contributed by atoms with Crippen molar-refractivity contribution >= 4 is 22.7 Å². The van der Waals surface area contributed by atoms with Gasteiger partial charge in [0.05, 0.1) is 36.3 Å². The van der Waals surface area contributed by atoms with Gasteiger partial charge in [-0.25, -0.2) is 4.98 Å². The van der Waals surface area contributed by atoms with E-state index in [4.69, 9.17) is 4.74 Å². The van der Waals surface area contributed by atoms with Gasteiger partial charge in [-0.2, -0.15) is 0 Å². The van der Waals surface area contributed by atoms with Crippen LogP contribution in [0.2, 0.25) is 0 Å². The monoisotopic (exact) mass is 368 g/mol. The topological polar surface area (TPSA) is 84.7 Å². The number of rotatable bonds is 2. The molecule has 0 bridgehead atoms. The molecule has 2 aromatic rings. The first-order valence-corrected chi connectivity index (χ1v) is 9.28. The number of amides is 2. The highest BCUT2D eigenvalue weighted by Gasteiger charge is 2.61. The van der Waals surface area contributed by atoms with Crippen molar-refractivity contribution in [3.05, 3.63) is 40.9 Å². The number of carbonyl (C=O) groups excluding carboxylic acids is 2. The third-order valence-corrected chi connectivity index (χ3v) is 5.97. The fraction of sp³-hybridized carbons (Fsp3) is 0.474. The molecule has 0 radical (unpaired) electrons. The number of nitrogens with zero attached hydrogens (tertiary/aromatic N) is 4. The highest BCUT2D eigenvalue weighted by molar-refractivity contribution is 5.84. The van der Waals surface area contributed by atoms with Crippen LogP contribution >= 0.6 is 0 Å². The van der Waals surface area contributed by atoms with Crippen LogP contribution in [0.5, 0.6) is 0 Å². The van der Waals surface area contributed by atoms with E-state index in [1.807, 2.05) is 6.07 Å². The van der Waals surface area contributed by atoms with Gasteiger partial charge in [-0.15, -0.1) is 0 Å². The first-order chi connectivity index (χ1) is 13.1. The molecule has 3 fully saturated rings. The number of likely N-dealkylation sites (tertiary alicyclic amines) is 1. The summed E-state index contributed by atoms with van der Waals surface area (Å²) in [6.07, 6.45) is 3.15. The number of para-hydroxylation sites is 1. The summed E-state index contributed by atoms with van der Waals surface area (Å²) in [4.78, 5) is 45.8. The second-order valence-electron chi connectivity index (χ2n) is 7.34. The molecule has 27 heavy (non-hydrogen) atoms. The molecule has 5 rings (SSSR count). The fourth-order valence-corrected chi connectivity index (χ4v) is 4.70. The fourth-order valence-electron chi connectivity index (χ4n) is 4.70. The summed E-state index contributed by atoms with van der Waals surface area (Å²) in [5.74, 6) is -0.137. The molecule has 0 N–H and O–H groups in total. The van der Waals surface area contributed by atoms with Crippen LogP contribution in [0.3, 0.4) is 0 Å². The molecule has 3 saturated heterocycles. The minimum Gasteiger partial charge on any atom is -0.353 e. The zero-order valence-electron chi connectivity index (χ0n) is 14.8. The van der Waals surface area contributed by atoms with E-state index in [9.17, 15) is 14.4 Å². The molecule has 1 aromatic carbocycles. The van der Waals surface area contributed by atoms with Gasteiger partial charge in [0.15, 0.2) is 5.72 Å². The van der Waals surface area contributed by atoms with Crippen molar-refractivity contribution in [1.82, 2.24) is 19.4 Å². The van der Waals surface area contributed by atoms with Crippen molar-refractivity contribution in [2.45, 2.75) is 37.6 Å². The number of benzene rings is 1. The Morgan fingerprint density at radius 1 is 1.26 bits per heavy atom. The molecule has 2 amide bonds. The van der Waals surface area contributed by atoms with E-state index in [1.54, 1.807) is 28.0 Å². The normalized spacial score (nSPS) is 27.1. The maximum absolute atomic E-state index is 13.0. The van der Waals surface area contributed by atoms with Gasteiger partial charge >= 0.3 is 0 Å². The number of carbonyl (C=O) groups is 2. The van der Waals surface area contributed by atoms with Gasteiger partial charge in [-0.1, -0.05) is 12.1 Å². The number of hydrogen-bond donors (Lipinski definition) is 0. The predicted molar refractivity (Wildman–Crippen MR) is 95.8 cm³/mol. The Morgan fingerprint density at radius 3 is 3.00 bits per heavy atom. The number of aromatic nitrogens is 2. The van der Waals surface area contributed by atoms with Crippen molar-refractivity contribution in [3.8, 4) is 0 Å².